The molecule has 0 aliphatic carbocycles. The molecular weight excluding hydrogens is 517 g/mol. The van der Waals surface area contributed by atoms with Crippen LogP contribution >= 0.6 is 67.8 Å². The molecule has 0 radical (unpaired) electrons. The SMILES string of the molecule is C=C(C)COc1c(I)cc(I)cc1I. The molecule has 0 spiro atoms. The molecule has 1 rings (SSSR count). The predicted octanol–water partition coefficient (Wildman–Crippen LogP) is 4.46. The molecule has 0 amide bonds. The summed E-state index contributed by atoms with van der Waals surface area (Å²) in [5.74, 6) is 0.967. The maximum absolute atomic E-state index is 5.67. The minimum absolute atomic E-state index is 0.590. The molecule has 1 nitrogen and oxygen atoms in total. The molecule has 0 aromatic heterocycles. The van der Waals surface area contributed by atoms with E-state index in [2.05, 4.69) is 86.5 Å². The lowest BCUT2D eigenvalue weighted by Crippen LogP contribution is -2.01. The van der Waals surface area contributed by atoms with E-state index < -0.39 is 0 Å². The minimum atomic E-state index is 0.590. The molecule has 0 bridgehead atoms. The maximum atomic E-state index is 5.67. The second-order valence-corrected chi connectivity index (χ2v) is 6.51. The summed E-state index contributed by atoms with van der Waals surface area (Å²) in [4.78, 5) is 0. The zero-order valence-electron chi connectivity index (χ0n) is 7.61. The summed E-state index contributed by atoms with van der Waals surface area (Å²) >= 11 is 6.90. The molecule has 0 heterocycles. The van der Waals surface area contributed by atoms with Gasteiger partial charge in [-0.05, 0) is 92.4 Å². The average molecular weight is 526 g/mol. The van der Waals surface area contributed by atoms with Crippen LogP contribution in [0.15, 0.2) is 24.3 Å². The van der Waals surface area contributed by atoms with Crippen molar-refractivity contribution in [2.24, 2.45) is 0 Å². The van der Waals surface area contributed by atoms with E-state index in [-0.39, 0.29) is 0 Å². The number of rotatable bonds is 3. The Hall–Kier alpha value is 0.950. The predicted molar refractivity (Wildman–Crippen MR) is 84.9 cm³/mol. The van der Waals surface area contributed by atoms with Crippen LogP contribution in [0.1, 0.15) is 6.92 Å². The molecule has 0 aliphatic heterocycles. The van der Waals surface area contributed by atoms with Crippen molar-refractivity contribution in [3.63, 3.8) is 0 Å². The van der Waals surface area contributed by atoms with Crippen molar-refractivity contribution in [2.45, 2.75) is 6.92 Å². The van der Waals surface area contributed by atoms with E-state index in [9.17, 15) is 0 Å². The molecule has 0 unspecified atom stereocenters. The molecule has 1 aromatic carbocycles. The van der Waals surface area contributed by atoms with Gasteiger partial charge in [0, 0.05) is 3.57 Å². The monoisotopic (exact) mass is 526 g/mol. The second-order valence-electron chi connectivity index (χ2n) is 2.94. The van der Waals surface area contributed by atoms with Gasteiger partial charge in [-0.25, -0.2) is 0 Å². The molecule has 0 N–H and O–H groups in total. The fourth-order valence-electron chi connectivity index (χ4n) is 0.862. The van der Waals surface area contributed by atoms with Crippen LogP contribution in [-0.4, -0.2) is 6.61 Å². The molecule has 0 atom stereocenters. The van der Waals surface area contributed by atoms with Crippen molar-refractivity contribution in [1.82, 2.24) is 0 Å². The number of halogens is 3. The van der Waals surface area contributed by atoms with Crippen molar-refractivity contribution in [1.29, 1.82) is 0 Å². The molecule has 0 saturated carbocycles. The Labute approximate surface area is 125 Å². The molecule has 76 valence electrons. The number of ether oxygens (including phenoxy) is 1. The number of hydrogen-bond donors (Lipinski definition) is 0. The Morgan fingerprint density at radius 2 is 1.79 bits per heavy atom. The van der Waals surface area contributed by atoms with Gasteiger partial charge >= 0.3 is 0 Å². The van der Waals surface area contributed by atoms with Gasteiger partial charge in [-0.2, -0.15) is 0 Å². The highest BCUT2D eigenvalue weighted by Gasteiger charge is 2.07. The lowest BCUT2D eigenvalue weighted by atomic mass is 10.3. The van der Waals surface area contributed by atoms with E-state index in [0.29, 0.717) is 6.61 Å². The second kappa shape index (κ2) is 5.88. The molecule has 0 aliphatic rings. The van der Waals surface area contributed by atoms with E-state index in [1.807, 2.05) is 6.92 Å². The van der Waals surface area contributed by atoms with Crippen molar-refractivity contribution in [3.8, 4) is 5.75 Å². The van der Waals surface area contributed by atoms with Gasteiger partial charge in [0.1, 0.15) is 12.4 Å². The van der Waals surface area contributed by atoms with Gasteiger partial charge < -0.3 is 4.74 Å². The standard InChI is InChI=1S/C10H9I3O/c1-6(2)5-14-10-8(12)3-7(11)4-9(10)13/h3-4H,1,5H2,2H3. The largest absolute Gasteiger partial charge is 0.487 e. The Balaban J connectivity index is 2.91. The topological polar surface area (TPSA) is 9.23 Å². The van der Waals surface area contributed by atoms with Crippen molar-refractivity contribution < 1.29 is 4.74 Å². The highest BCUT2D eigenvalue weighted by Crippen LogP contribution is 2.29. The van der Waals surface area contributed by atoms with Crippen molar-refractivity contribution >= 4 is 67.8 Å². The summed E-state index contributed by atoms with van der Waals surface area (Å²) < 4.78 is 9.21. The van der Waals surface area contributed by atoms with Crippen LogP contribution in [0.3, 0.4) is 0 Å². The average Bonchev–Trinajstić information content (AvgIpc) is 2.01. The highest BCUT2D eigenvalue weighted by molar-refractivity contribution is 14.1. The first kappa shape index (κ1) is 13.0. The molecule has 0 fully saturated rings. The number of hydrogen-bond acceptors (Lipinski definition) is 1. The molecule has 14 heavy (non-hydrogen) atoms. The fourth-order valence-corrected chi connectivity index (χ4v) is 4.76. The first-order chi connectivity index (χ1) is 6.50. The van der Waals surface area contributed by atoms with Crippen LogP contribution in [0.5, 0.6) is 5.75 Å². The Bertz CT molecular complexity index is 337. The van der Waals surface area contributed by atoms with Crippen LogP contribution in [0.25, 0.3) is 0 Å². The summed E-state index contributed by atoms with van der Waals surface area (Å²) in [6, 6.07) is 4.22. The van der Waals surface area contributed by atoms with E-state index >= 15 is 0 Å². The summed E-state index contributed by atoms with van der Waals surface area (Å²) in [6.07, 6.45) is 0. The van der Waals surface area contributed by atoms with Gasteiger partial charge in [0.05, 0.1) is 7.14 Å². The zero-order valence-corrected chi connectivity index (χ0v) is 14.1. The fraction of sp³-hybridized carbons (Fsp3) is 0.200. The Morgan fingerprint density at radius 3 is 2.21 bits per heavy atom. The molecule has 0 saturated heterocycles. The lowest BCUT2D eigenvalue weighted by molar-refractivity contribution is 0.347. The van der Waals surface area contributed by atoms with Crippen LogP contribution in [-0.2, 0) is 0 Å². The van der Waals surface area contributed by atoms with Gasteiger partial charge in [0.25, 0.3) is 0 Å². The third-order valence-corrected chi connectivity index (χ3v) is 3.65. The highest BCUT2D eigenvalue weighted by atomic mass is 127. The minimum Gasteiger partial charge on any atom is -0.487 e. The lowest BCUT2D eigenvalue weighted by Gasteiger charge is -2.10. The normalized spacial score (nSPS) is 10.0. The van der Waals surface area contributed by atoms with Crippen LogP contribution in [0.2, 0.25) is 0 Å². The van der Waals surface area contributed by atoms with E-state index in [0.717, 1.165) is 18.5 Å². The molecular formula is C10H9I3O. The maximum Gasteiger partial charge on any atom is 0.146 e. The Kier molecular flexibility index (Phi) is 5.47. The summed E-state index contributed by atoms with van der Waals surface area (Å²) in [5, 5.41) is 0. The Morgan fingerprint density at radius 1 is 1.29 bits per heavy atom. The van der Waals surface area contributed by atoms with E-state index in [1.54, 1.807) is 0 Å². The van der Waals surface area contributed by atoms with E-state index in [1.165, 1.54) is 3.57 Å². The summed E-state index contributed by atoms with van der Waals surface area (Å²) in [5.41, 5.74) is 1.04. The third-order valence-electron chi connectivity index (χ3n) is 1.43. The first-order valence-corrected chi connectivity index (χ1v) is 7.16. The summed E-state index contributed by atoms with van der Waals surface area (Å²) in [6.45, 7) is 6.37. The smallest absolute Gasteiger partial charge is 0.146 e. The van der Waals surface area contributed by atoms with Gasteiger partial charge in [-0.15, -0.1) is 0 Å². The summed E-state index contributed by atoms with van der Waals surface area (Å²) in [7, 11) is 0. The van der Waals surface area contributed by atoms with Crippen molar-refractivity contribution in [3.05, 3.63) is 35.0 Å². The van der Waals surface area contributed by atoms with Crippen LogP contribution in [0, 0.1) is 10.7 Å². The first-order valence-electron chi connectivity index (χ1n) is 3.92. The van der Waals surface area contributed by atoms with Gasteiger partial charge in [0.15, 0.2) is 0 Å². The van der Waals surface area contributed by atoms with Crippen molar-refractivity contribution in [2.75, 3.05) is 6.61 Å². The van der Waals surface area contributed by atoms with Gasteiger partial charge in [0.2, 0.25) is 0 Å². The van der Waals surface area contributed by atoms with Crippen LogP contribution in [0.4, 0.5) is 0 Å². The number of benzene rings is 1. The molecule has 1 aromatic rings. The van der Waals surface area contributed by atoms with E-state index in [4.69, 9.17) is 4.74 Å². The quantitative estimate of drug-likeness (QED) is 0.418. The third kappa shape index (κ3) is 3.84. The van der Waals surface area contributed by atoms with Crippen LogP contribution < -0.4 is 4.74 Å². The zero-order chi connectivity index (χ0) is 10.7. The van der Waals surface area contributed by atoms with Gasteiger partial charge in [-0.3, -0.25) is 0 Å². The molecule has 4 heteroatoms. The van der Waals surface area contributed by atoms with Gasteiger partial charge in [-0.1, -0.05) is 6.58 Å².